The van der Waals surface area contributed by atoms with E-state index in [2.05, 4.69) is 14.8 Å². The number of hydrogen-bond donors (Lipinski definition) is 1. The molecule has 170 valence electrons. The Bertz CT molecular complexity index is 1450. The smallest absolute Gasteiger partial charge is 0.266 e. The van der Waals surface area contributed by atoms with Gasteiger partial charge in [0.2, 0.25) is 10.0 Å². The average molecular weight is 465 g/mol. The third-order valence-electron chi connectivity index (χ3n) is 5.06. The number of benzene rings is 2. The third kappa shape index (κ3) is 5.10. The Hall–Kier alpha value is -3.56. The number of aryl methyl sites for hydroxylation is 1. The van der Waals surface area contributed by atoms with Gasteiger partial charge < -0.3 is 4.74 Å². The molecule has 1 N–H and O–H groups in total. The lowest BCUT2D eigenvalue weighted by atomic mass is 10.1. The molecule has 0 radical (unpaired) electrons. The molecule has 0 atom stereocenters. The van der Waals surface area contributed by atoms with Crippen molar-refractivity contribution >= 4 is 20.9 Å². The van der Waals surface area contributed by atoms with Gasteiger partial charge in [0.1, 0.15) is 10.6 Å². The second-order valence-corrected chi connectivity index (χ2v) is 9.15. The minimum Gasteiger partial charge on any atom is -0.494 e. The van der Waals surface area contributed by atoms with Gasteiger partial charge in [-0.15, -0.1) is 0 Å². The molecule has 0 amide bonds. The van der Waals surface area contributed by atoms with E-state index in [9.17, 15) is 13.2 Å². The van der Waals surface area contributed by atoms with Crippen molar-refractivity contribution in [1.29, 1.82) is 0 Å². The van der Waals surface area contributed by atoms with E-state index in [4.69, 9.17) is 4.74 Å². The number of hydrogen-bond acceptors (Lipinski definition) is 6. The highest BCUT2D eigenvalue weighted by atomic mass is 32.2. The first-order valence-electron chi connectivity index (χ1n) is 10.5. The lowest BCUT2D eigenvalue weighted by molar-refractivity contribution is 0.340. The molecule has 0 saturated carbocycles. The van der Waals surface area contributed by atoms with Crippen molar-refractivity contribution in [3.63, 3.8) is 0 Å². The van der Waals surface area contributed by atoms with Crippen LogP contribution < -0.4 is 15.0 Å². The van der Waals surface area contributed by atoms with Gasteiger partial charge in [-0.2, -0.15) is 5.10 Å². The van der Waals surface area contributed by atoms with E-state index >= 15 is 0 Å². The van der Waals surface area contributed by atoms with Crippen LogP contribution in [-0.4, -0.2) is 36.3 Å². The fourth-order valence-electron chi connectivity index (χ4n) is 3.45. The summed E-state index contributed by atoms with van der Waals surface area (Å²) in [6, 6.07) is 19.2. The van der Waals surface area contributed by atoms with E-state index in [0.29, 0.717) is 17.8 Å². The Morgan fingerprint density at radius 1 is 1.00 bits per heavy atom. The van der Waals surface area contributed by atoms with Gasteiger partial charge in [0.15, 0.2) is 0 Å². The summed E-state index contributed by atoms with van der Waals surface area (Å²) in [5, 5.41) is 5.13. The number of nitrogens with one attached hydrogen (secondary N) is 1. The molecule has 8 nitrogen and oxygen atoms in total. The fourth-order valence-corrected chi connectivity index (χ4v) is 4.64. The van der Waals surface area contributed by atoms with Crippen molar-refractivity contribution in [3.8, 4) is 17.0 Å². The molecule has 0 bridgehead atoms. The van der Waals surface area contributed by atoms with Crippen molar-refractivity contribution < 1.29 is 13.2 Å². The molecule has 0 saturated heterocycles. The maximum Gasteiger partial charge on any atom is 0.266 e. The maximum atomic E-state index is 12.9. The second-order valence-electron chi connectivity index (χ2n) is 7.42. The van der Waals surface area contributed by atoms with Crippen LogP contribution in [0.1, 0.15) is 12.6 Å². The van der Waals surface area contributed by atoms with Crippen LogP contribution in [0.4, 0.5) is 0 Å². The largest absolute Gasteiger partial charge is 0.494 e. The van der Waals surface area contributed by atoms with Gasteiger partial charge in [0, 0.05) is 29.3 Å². The zero-order valence-electron chi connectivity index (χ0n) is 18.4. The van der Waals surface area contributed by atoms with Gasteiger partial charge in [0.05, 0.1) is 24.4 Å². The van der Waals surface area contributed by atoms with Gasteiger partial charge >= 0.3 is 0 Å². The second kappa shape index (κ2) is 9.51. The molecule has 0 aliphatic heterocycles. The van der Waals surface area contributed by atoms with Crippen LogP contribution in [0.2, 0.25) is 0 Å². The molecule has 2 aromatic heterocycles. The van der Waals surface area contributed by atoms with Crippen LogP contribution in [-0.2, 0) is 16.6 Å². The first-order chi connectivity index (χ1) is 15.9. The normalized spacial score (nSPS) is 11.6. The first-order valence-corrected chi connectivity index (χ1v) is 12.0. The molecule has 0 unspecified atom stereocenters. The number of rotatable bonds is 8. The summed E-state index contributed by atoms with van der Waals surface area (Å²) in [5.41, 5.74) is 2.26. The zero-order valence-corrected chi connectivity index (χ0v) is 19.2. The number of ether oxygens (including phenoxy) is 1. The Morgan fingerprint density at radius 2 is 1.79 bits per heavy atom. The minimum atomic E-state index is -3.83. The van der Waals surface area contributed by atoms with Crippen molar-refractivity contribution in [2.75, 3.05) is 13.2 Å². The molecule has 0 aliphatic rings. The van der Waals surface area contributed by atoms with Gasteiger partial charge in [-0.3, -0.25) is 9.78 Å². The fraction of sp³-hybridized carbons (Fsp3) is 0.208. The maximum absolute atomic E-state index is 12.9. The van der Waals surface area contributed by atoms with E-state index in [1.165, 1.54) is 16.8 Å². The van der Waals surface area contributed by atoms with Gasteiger partial charge in [-0.25, -0.2) is 17.8 Å². The molecule has 0 fully saturated rings. The van der Waals surface area contributed by atoms with Gasteiger partial charge in [-0.1, -0.05) is 18.2 Å². The van der Waals surface area contributed by atoms with Crippen molar-refractivity contribution in [2.45, 2.75) is 25.3 Å². The van der Waals surface area contributed by atoms with Crippen LogP contribution in [0, 0.1) is 6.92 Å². The molecule has 4 rings (SSSR count). The topological polar surface area (TPSA) is 103 Å². The molecule has 0 aliphatic carbocycles. The predicted molar refractivity (Wildman–Crippen MR) is 127 cm³/mol. The highest BCUT2D eigenvalue weighted by Crippen LogP contribution is 2.22. The van der Waals surface area contributed by atoms with E-state index in [1.807, 2.05) is 56.3 Å². The van der Waals surface area contributed by atoms with E-state index < -0.39 is 10.0 Å². The van der Waals surface area contributed by atoms with Crippen molar-refractivity contribution in [3.05, 3.63) is 82.8 Å². The van der Waals surface area contributed by atoms with Crippen molar-refractivity contribution in [1.82, 2.24) is 19.5 Å². The number of para-hydroxylation sites is 1. The quantitative estimate of drug-likeness (QED) is 0.430. The van der Waals surface area contributed by atoms with Gasteiger partial charge in [0.25, 0.3) is 5.56 Å². The molecule has 2 heterocycles. The average Bonchev–Trinajstić information content (AvgIpc) is 2.80. The number of fused-ring (bicyclic) bond motifs is 1. The summed E-state index contributed by atoms with van der Waals surface area (Å²) in [6.07, 6.45) is 0. The van der Waals surface area contributed by atoms with E-state index in [1.54, 1.807) is 12.1 Å². The molecular formula is C24H24N4O4S. The Balaban J connectivity index is 1.51. The van der Waals surface area contributed by atoms with E-state index in [-0.39, 0.29) is 23.5 Å². The standard InChI is InChI=1S/C24H24N4O4S/c1-3-32-20-11-9-18(10-12-20)21-13-14-23(29)28(27-21)16-15-25-33(30,31)22-6-4-5-19-8-7-17(2)26-24(19)22/h4-14,25H,3,15-16H2,1-2H3. The predicted octanol–water partition coefficient (Wildman–Crippen LogP) is 3.14. The van der Waals surface area contributed by atoms with Crippen LogP contribution in [0.3, 0.4) is 0 Å². The van der Waals surface area contributed by atoms with Crippen LogP contribution >= 0.6 is 0 Å². The molecule has 33 heavy (non-hydrogen) atoms. The summed E-state index contributed by atoms with van der Waals surface area (Å²) in [4.78, 5) is 16.8. The SMILES string of the molecule is CCOc1ccc(-c2ccc(=O)n(CCNS(=O)(=O)c3cccc4ccc(C)nc34)n2)cc1. The molecule has 4 aromatic rings. The number of pyridine rings is 1. The Kier molecular flexibility index (Phi) is 6.52. The lowest BCUT2D eigenvalue weighted by Gasteiger charge is -2.11. The Morgan fingerprint density at radius 3 is 2.55 bits per heavy atom. The Labute approximate surface area is 191 Å². The highest BCUT2D eigenvalue weighted by Gasteiger charge is 2.18. The first kappa shape index (κ1) is 22.6. The lowest BCUT2D eigenvalue weighted by Crippen LogP contribution is -2.32. The summed E-state index contributed by atoms with van der Waals surface area (Å²) in [5.74, 6) is 0.752. The molecule has 2 aromatic carbocycles. The molecule has 9 heteroatoms. The molecular weight excluding hydrogens is 440 g/mol. The van der Waals surface area contributed by atoms with Gasteiger partial charge in [-0.05, 0) is 56.3 Å². The van der Waals surface area contributed by atoms with Crippen LogP contribution in [0.15, 0.2) is 76.4 Å². The number of nitrogens with zero attached hydrogens (tertiary/aromatic N) is 3. The zero-order chi connectivity index (χ0) is 23.4. The molecule has 0 spiro atoms. The minimum absolute atomic E-state index is 0.00414. The number of aromatic nitrogens is 3. The summed E-state index contributed by atoms with van der Waals surface area (Å²) in [7, 11) is -3.83. The highest BCUT2D eigenvalue weighted by molar-refractivity contribution is 7.89. The monoisotopic (exact) mass is 464 g/mol. The third-order valence-corrected chi connectivity index (χ3v) is 6.55. The summed E-state index contributed by atoms with van der Waals surface area (Å²) < 4.78 is 35.1. The summed E-state index contributed by atoms with van der Waals surface area (Å²) in [6.45, 7) is 4.39. The number of sulfonamides is 1. The van der Waals surface area contributed by atoms with Crippen LogP contribution in [0.25, 0.3) is 22.2 Å². The van der Waals surface area contributed by atoms with Crippen molar-refractivity contribution in [2.24, 2.45) is 0 Å². The van der Waals surface area contributed by atoms with E-state index in [0.717, 1.165) is 22.4 Å². The van der Waals surface area contributed by atoms with Crippen LogP contribution in [0.5, 0.6) is 5.75 Å². The summed E-state index contributed by atoms with van der Waals surface area (Å²) >= 11 is 0.